The van der Waals surface area contributed by atoms with Gasteiger partial charge in [-0.1, -0.05) is 12.8 Å². The van der Waals surface area contributed by atoms with E-state index >= 15 is 0 Å². The second-order valence-electron chi connectivity index (χ2n) is 8.30. The molecule has 0 aliphatic carbocycles. The van der Waals surface area contributed by atoms with E-state index in [1.165, 1.54) is 4.57 Å². The molecule has 20 nitrogen and oxygen atoms in total. The predicted molar refractivity (Wildman–Crippen MR) is 149 cm³/mol. The molecule has 1 saturated heterocycles. The fraction of sp³-hybridized carbons (Fsp3) is 0.688. The minimum absolute atomic E-state index is 0. The van der Waals surface area contributed by atoms with Gasteiger partial charge in [0.15, 0.2) is 23.2 Å². The van der Waals surface area contributed by atoms with Crippen LogP contribution < -0.4 is 16.8 Å². The van der Waals surface area contributed by atoms with Crippen molar-refractivity contribution in [3.63, 3.8) is 0 Å². The number of hydrogen-bond acceptors (Lipinski definition) is 15. The molecule has 2 aromatic heterocycles. The van der Waals surface area contributed by atoms with Crippen molar-refractivity contribution in [2.24, 2.45) is 5.73 Å². The third kappa shape index (κ3) is 11.8. The number of nitrogens with zero attached hydrogens (tertiary/aromatic N) is 4. The van der Waals surface area contributed by atoms with Crippen molar-refractivity contribution in [2.75, 3.05) is 30.7 Å². The normalized spacial score (nSPS) is 23.2. The van der Waals surface area contributed by atoms with E-state index in [0.29, 0.717) is 13.1 Å². The van der Waals surface area contributed by atoms with E-state index < -0.39 is 54.6 Å². The van der Waals surface area contributed by atoms with Crippen LogP contribution in [0.4, 0.5) is 11.8 Å². The number of aromatic nitrogens is 4. The van der Waals surface area contributed by atoms with Crippen LogP contribution in [0.15, 0.2) is 6.33 Å². The molecular weight excluding hydrogens is 612 g/mol. The second-order valence-corrected chi connectivity index (χ2v) is 12.7. The number of phosphoric acid groups is 3. The van der Waals surface area contributed by atoms with Crippen LogP contribution >= 0.6 is 23.5 Å². The topological polar surface area (TPSA) is 317 Å². The standard InChI is InChI=1S/C16H30N7O13P3.3Li/c17-5-3-1-2-4-6-19-16-22-10-13(18)20-8-21-14(10)23(16)15-12(25)11(24)9(34-15)7-33-38(29,30)36-39(31,32)35-37(26,27)28;;;/h8-9,11-12,15,24-25H,1-7,17H2,(H,19,22)(H,29,30)(H,31,32)(H2,18,20,21)(H2,26,27,28);;;/t9-,11-,12-,15-;;;/m1.../s1. The average molecular weight is 642 g/mol. The number of anilines is 2. The summed E-state index contributed by atoms with van der Waals surface area (Å²) in [7, 11) is -16.8. The maximum Gasteiger partial charge on any atom is 0.490 e. The first-order valence-corrected chi connectivity index (χ1v) is 15.9. The molecule has 0 amide bonds. The summed E-state index contributed by atoms with van der Waals surface area (Å²) in [6, 6.07) is 0. The maximum absolute atomic E-state index is 12.0. The zero-order valence-electron chi connectivity index (χ0n) is 23.2. The number of rotatable bonds is 15. The van der Waals surface area contributed by atoms with Crippen LogP contribution in [0.1, 0.15) is 31.9 Å². The van der Waals surface area contributed by atoms with Crippen LogP contribution in [0.3, 0.4) is 0 Å². The molecule has 225 valence electrons. The van der Waals surface area contributed by atoms with Crippen molar-refractivity contribution < 1.29 is 61.4 Å². The molecule has 1 aliphatic rings. The van der Waals surface area contributed by atoms with Crippen molar-refractivity contribution in [3.05, 3.63) is 6.33 Å². The molecule has 6 atom stereocenters. The number of aliphatic hydroxyl groups excluding tert-OH is 2. The molecule has 3 rings (SSSR count). The van der Waals surface area contributed by atoms with Gasteiger partial charge in [0.2, 0.25) is 5.95 Å². The number of imidazole rings is 1. The molecular formula is C16H30Li3N7O13P3. The summed E-state index contributed by atoms with van der Waals surface area (Å²) in [5.74, 6) is 0.197. The summed E-state index contributed by atoms with van der Waals surface area (Å²) in [4.78, 5) is 48.5. The number of unbranched alkanes of at least 4 members (excludes halogenated alkanes) is 3. The molecule has 0 saturated carbocycles. The summed E-state index contributed by atoms with van der Waals surface area (Å²) in [5, 5.41) is 24.3. The van der Waals surface area contributed by atoms with Crippen molar-refractivity contribution >= 4 is 103 Å². The monoisotopic (exact) mass is 642 g/mol. The van der Waals surface area contributed by atoms with Crippen LogP contribution in [0.25, 0.3) is 11.2 Å². The average Bonchev–Trinajstić information content (AvgIpc) is 3.30. The number of fused-ring (bicyclic) bond motifs is 1. The third-order valence-corrected chi connectivity index (χ3v) is 9.13. The Labute approximate surface area is 275 Å². The first kappa shape index (κ1) is 42.2. The number of aliphatic hydroxyl groups is 2. The van der Waals surface area contributed by atoms with Gasteiger partial charge in [-0.15, -0.1) is 0 Å². The van der Waals surface area contributed by atoms with Crippen molar-refractivity contribution in [1.29, 1.82) is 0 Å². The Morgan fingerprint density at radius 2 is 1.60 bits per heavy atom. The van der Waals surface area contributed by atoms with Gasteiger partial charge in [-0.2, -0.15) is 8.62 Å². The number of nitrogens with one attached hydrogen (secondary N) is 1. The number of nitrogen functional groups attached to an aromatic ring is 1. The van der Waals surface area contributed by atoms with Gasteiger partial charge in [0.25, 0.3) is 0 Å². The Bertz CT molecular complexity index is 1290. The molecule has 1 fully saturated rings. The molecule has 42 heavy (non-hydrogen) atoms. The summed E-state index contributed by atoms with van der Waals surface area (Å²) in [6.45, 7) is 0.0672. The van der Waals surface area contributed by atoms with Gasteiger partial charge in [-0.25, -0.2) is 28.6 Å². The largest absolute Gasteiger partial charge is 0.490 e. The number of phosphoric ester groups is 1. The molecule has 3 radical (unpaired) electrons. The third-order valence-electron chi connectivity index (χ3n) is 5.33. The molecule has 3 heterocycles. The summed E-state index contributed by atoms with van der Waals surface area (Å²) in [6.07, 6.45) is -1.64. The molecule has 1 aliphatic heterocycles. The molecule has 2 aromatic rings. The van der Waals surface area contributed by atoms with Gasteiger partial charge in [-0.3, -0.25) is 9.09 Å². The number of hydrogen-bond donors (Lipinski definition) is 9. The van der Waals surface area contributed by atoms with E-state index in [0.717, 1.165) is 32.0 Å². The summed E-state index contributed by atoms with van der Waals surface area (Å²) >= 11 is 0. The molecule has 0 aromatic carbocycles. The maximum atomic E-state index is 12.0. The van der Waals surface area contributed by atoms with Gasteiger partial charge < -0.3 is 51.3 Å². The fourth-order valence-corrected chi connectivity index (χ4v) is 6.70. The van der Waals surface area contributed by atoms with E-state index in [4.69, 9.17) is 26.0 Å². The minimum atomic E-state index is -5.74. The van der Waals surface area contributed by atoms with Gasteiger partial charge in [0.1, 0.15) is 24.6 Å². The Balaban J connectivity index is 0.00000560. The summed E-state index contributed by atoms with van der Waals surface area (Å²) in [5.41, 5.74) is 11.7. The van der Waals surface area contributed by atoms with Crippen molar-refractivity contribution in [2.45, 2.75) is 50.2 Å². The quantitative estimate of drug-likeness (QED) is 0.0585. The number of ether oxygens (including phenoxy) is 1. The predicted octanol–water partition coefficient (Wildman–Crippen LogP) is -1.84. The SMILES string of the molecule is NCCCCCCNc1nc2c(N)ncnc2n1[C@@H]1O[C@H](COP(=O)(O)OP(=O)(O)OP(=O)(O)O)[C@@H](O)[C@H]1O.[Li].[Li].[Li]. The van der Waals surface area contributed by atoms with E-state index in [1.54, 1.807) is 0 Å². The molecule has 11 N–H and O–H groups in total. The second kappa shape index (κ2) is 17.8. The zero-order chi connectivity index (χ0) is 29.0. The Morgan fingerprint density at radius 3 is 2.21 bits per heavy atom. The number of nitrogens with two attached hydrogens (primary N) is 2. The van der Waals surface area contributed by atoms with Crippen LogP contribution in [-0.2, 0) is 31.6 Å². The van der Waals surface area contributed by atoms with E-state index in [1.807, 2.05) is 0 Å². The molecule has 0 bridgehead atoms. The zero-order valence-corrected chi connectivity index (χ0v) is 25.8. The Kier molecular flexibility index (Phi) is 17.9. The Hall–Kier alpha value is 0.192. The fourth-order valence-electron chi connectivity index (χ4n) is 3.67. The Morgan fingerprint density at radius 1 is 0.952 bits per heavy atom. The van der Waals surface area contributed by atoms with Crippen LogP contribution in [-0.4, -0.2) is 144 Å². The minimum Gasteiger partial charge on any atom is -0.387 e. The van der Waals surface area contributed by atoms with Gasteiger partial charge in [0, 0.05) is 63.1 Å². The first-order chi connectivity index (χ1) is 18.1. The molecule has 2 unspecified atom stereocenters. The molecule has 26 heteroatoms. The van der Waals surface area contributed by atoms with E-state index in [-0.39, 0.29) is 79.5 Å². The summed E-state index contributed by atoms with van der Waals surface area (Å²) < 4.78 is 53.1. The van der Waals surface area contributed by atoms with Crippen molar-refractivity contribution in [1.82, 2.24) is 19.5 Å². The van der Waals surface area contributed by atoms with E-state index in [9.17, 15) is 33.7 Å². The van der Waals surface area contributed by atoms with Crippen LogP contribution in [0.5, 0.6) is 0 Å². The smallest absolute Gasteiger partial charge is 0.387 e. The van der Waals surface area contributed by atoms with Crippen LogP contribution in [0.2, 0.25) is 0 Å². The van der Waals surface area contributed by atoms with Gasteiger partial charge in [0.05, 0.1) is 6.61 Å². The van der Waals surface area contributed by atoms with Crippen LogP contribution in [0, 0.1) is 0 Å². The van der Waals surface area contributed by atoms with E-state index in [2.05, 4.69) is 33.4 Å². The van der Waals surface area contributed by atoms with Crippen molar-refractivity contribution in [3.8, 4) is 0 Å². The van der Waals surface area contributed by atoms with Gasteiger partial charge >= 0.3 is 23.5 Å². The molecule has 0 spiro atoms. The first-order valence-electron chi connectivity index (χ1n) is 11.4. The van der Waals surface area contributed by atoms with Gasteiger partial charge in [-0.05, 0) is 19.4 Å².